The zero-order valence-electron chi connectivity index (χ0n) is 14.4. The lowest BCUT2D eigenvalue weighted by Gasteiger charge is -2.14. The molecule has 0 amide bonds. The van der Waals surface area contributed by atoms with Crippen LogP contribution in [0.15, 0.2) is 15.8 Å². The zero-order valence-corrected chi connectivity index (χ0v) is 13.4. The van der Waals surface area contributed by atoms with Crippen molar-refractivity contribution < 1.29 is 38.3 Å². The number of hydrogen-bond donors (Lipinski definition) is 1. The molecular formula is C14H15F3N2O7. The van der Waals surface area contributed by atoms with E-state index in [0.717, 1.165) is 11.5 Å². The predicted molar refractivity (Wildman–Crippen MR) is 77.4 cm³/mol. The SMILES string of the molecule is [2H]C[C@H]1O[C@@H](n2cc(C(=O)OCC(F)(F)F)c(=O)[nH]c2=O)C[C@H]1OC(C)=O. The van der Waals surface area contributed by atoms with Gasteiger partial charge in [-0.15, -0.1) is 0 Å². The number of nitrogens with one attached hydrogen (secondary N) is 1. The zero-order chi connectivity index (χ0) is 20.4. The van der Waals surface area contributed by atoms with Crippen molar-refractivity contribution in [1.29, 1.82) is 0 Å². The summed E-state index contributed by atoms with van der Waals surface area (Å²) in [4.78, 5) is 48.3. The first-order chi connectivity index (χ1) is 12.5. The van der Waals surface area contributed by atoms with Crippen molar-refractivity contribution in [3.63, 3.8) is 0 Å². The van der Waals surface area contributed by atoms with Gasteiger partial charge in [0.2, 0.25) is 0 Å². The van der Waals surface area contributed by atoms with Crippen LogP contribution in [0.5, 0.6) is 0 Å². The highest BCUT2D eigenvalue weighted by molar-refractivity contribution is 5.88. The third kappa shape index (κ3) is 4.71. The number of alkyl halides is 3. The Morgan fingerprint density at radius 3 is 2.73 bits per heavy atom. The molecule has 1 N–H and O–H groups in total. The fourth-order valence-corrected chi connectivity index (χ4v) is 2.28. The number of aromatic amines is 1. The number of halogens is 3. The maximum atomic E-state index is 12.2. The van der Waals surface area contributed by atoms with E-state index in [2.05, 4.69) is 4.74 Å². The lowest BCUT2D eigenvalue weighted by molar-refractivity contribution is -0.161. The summed E-state index contributed by atoms with van der Waals surface area (Å²) in [6.07, 6.45) is -6.95. The van der Waals surface area contributed by atoms with Crippen LogP contribution >= 0.6 is 0 Å². The molecule has 2 rings (SSSR count). The molecule has 1 saturated heterocycles. The van der Waals surface area contributed by atoms with Gasteiger partial charge in [-0.05, 0) is 6.90 Å². The largest absolute Gasteiger partial charge is 0.460 e. The first kappa shape index (κ1) is 18.2. The van der Waals surface area contributed by atoms with Crippen molar-refractivity contribution in [3.8, 4) is 0 Å². The fraction of sp³-hybridized carbons (Fsp3) is 0.571. The van der Waals surface area contributed by atoms with Crippen molar-refractivity contribution in [1.82, 2.24) is 9.55 Å². The fourth-order valence-electron chi connectivity index (χ4n) is 2.28. The summed E-state index contributed by atoms with van der Waals surface area (Å²) in [5.41, 5.74) is -3.06. The number of carbonyl (C=O) groups is 2. The average Bonchev–Trinajstić information content (AvgIpc) is 2.93. The van der Waals surface area contributed by atoms with Crippen LogP contribution in [0.25, 0.3) is 0 Å². The molecule has 2 heterocycles. The van der Waals surface area contributed by atoms with E-state index in [1.165, 1.54) is 0 Å². The summed E-state index contributed by atoms with van der Waals surface area (Å²) in [6.45, 7) is -1.05. The van der Waals surface area contributed by atoms with Gasteiger partial charge in [0.15, 0.2) is 6.61 Å². The van der Waals surface area contributed by atoms with E-state index in [1.807, 2.05) is 0 Å². The molecule has 0 aromatic carbocycles. The van der Waals surface area contributed by atoms with Crippen LogP contribution in [0.4, 0.5) is 13.2 Å². The molecule has 1 aromatic heterocycles. The van der Waals surface area contributed by atoms with Gasteiger partial charge in [0.05, 0.1) is 6.10 Å². The van der Waals surface area contributed by atoms with Crippen molar-refractivity contribution in [3.05, 3.63) is 32.6 Å². The normalized spacial score (nSPS) is 23.4. The van der Waals surface area contributed by atoms with Gasteiger partial charge in [-0.3, -0.25) is 19.1 Å². The number of nitrogens with zero attached hydrogens (tertiary/aromatic N) is 1. The number of carbonyl (C=O) groups excluding carboxylic acids is 2. The maximum Gasteiger partial charge on any atom is 0.422 e. The Kier molecular flexibility index (Phi) is 5.11. The number of esters is 2. The third-order valence-corrected chi connectivity index (χ3v) is 3.36. The molecular weight excluding hydrogens is 365 g/mol. The molecule has 1 fully saturated rings. The van der Waals surface area contributed by atoms with Crippen molar-refractivity contribution >= 4 is 11.9 Å². The minimum Gasteiger partial charge on any atom is -0.460 e. The van der Waals surface area contributed by atoms with Crippen LogP contribution in [0.3, 0.4) is 0 Å². The summed E-state index contributed by atoms with van der Waals surface area (Å²) in [7, 11) is 0. The molecule has 26 heavy (non-hydrogen) atoms. The Hall–Kier alpha value is -2.63. The van der Waals surface area contributed by atoms with Gasteiger partial charge in [-0.2, -0.15) is 13.2 Å². The van der Waals surface area contributed by atoms with Gasteiger partial charge in [0.25, 0.3) is 5.56 Å². The second kappa shape index (κ2) is 7.32. The molecule has 0 spiro atoms. The van der Waals surface area contributed by atoms with Crippen molar-refractivity contribution in [2.24, 2.45) is 0 Å². The van der Waals surface area contributed by atoms with Crippen LogP contribution in [-0.2, 0) is 19.0 Å². The standard InChI is InChI=1S/C14H15F3N2O7/c1-6-9(26-7(2)20)3-10(25-6)19-4-8(11(21)18-13(19)23)12(22)24-5-14(15,16)17/h4,6,9-10H,3,5H2,1-2H3,(H,18,21,23)/t6-,9-,10-/m1/s1/i1D. The molecule has 0 unspecified atom stereocenters. The third-order valence-electron chi connectivity index (χ3n) is 3.36. The summed E-state index contributed by atoms with van der Waals surface area (Å²) >= 11 is 0. The lowest BCUT2D eigenvalue weighted by Crippen LogP contribution is -2.36. The maximum absolute atomic E-state index is 12.2. The molecule has 144 valence electrons. The highest BCUT2D eigenvalue weighted by Crippen LogP contribution is 2.29. The van der Waals surface area contributed by atoms with Crippen LogP contribution in [0.1, 0.15) is 38.2 Å². The Bertz CT molecular complexity index is 835. The Morgan fingerprint density at radius 1 is 1.46 bits per heavy atom. The highest BCUT2D eigenvalue weighted by Gasteiger charge is 2.37. The summed E-state index contributed by atoms with van der Waals surface area (Å²) in [6, 6.07) is 0. The second-order valence-corrected chi connectivity index (χ2v) is 5.41. The van der Waals surface area contributed by atoms with Gasteiger partial charge in [0, 0.05) is 20.9 Å². The molecule has 0 bridgehead atoms. The molecule has 0 saturated carbocycles. The van der Waals surface area contributed by atoms with E-state index in [0.29, 0.717) is 6.20 Å². The average molecular weight is 381 g/mol. The number of H-pyrrole nitrogens is 1. The number of aromatic nitrogens is 2. The molecule has 9 nitrogen and oxygen atoms in total. The molecule has 3 atom stereocenters. The Balaban J connectivity index is 2.28. The van der Waals surface area contributed by atoms with Crippen molar-refractivity contribution in [2.75, 3.05) is 6.61 Å². The van der Waals surface area contributed by atoms with Crippen molar-refractivity contribution in [2.45, 2.75) is 44.9 Å². The summed E-state index contributed by atoms with van der Waals surface area (Å²) in [5.74, 6) is -2.21. The molecule has 0 radical (unpaired) electrons. The Morgan fingerprint density at radius 2 is 2.15 bits per heavy atom. The summed E-state index contributed by atoms with van der Waals surface area (Å²) in [5, 5.41) is 0. The smallest absolute Gasteiger partial charge is 0.422 e. The van der Waals surface area contributed by atoms with E-state index in [4.69, 9.17) is 10.8 Å². The topological polar surface area (TPSA) is 117 Å². The van der Waals surface area contributed by atoms with Crippen LogP contribution in [0.2, 0.25) is 0 Å². The molecule has 1 aromatic rings. The summed E-state index contributed by atoms with van der Waals surface area (Å²) < 4.78 is 59.0. The molecule has 1 aliphatic rings. The predicted octanol–water partition coefficient (Wildman–Crippen LogP) is 0.495. The van der Waals surface area contributed by atoms with Crippen LogP contribution in [-0.4, -0.2) is 46.5 Å². The minimum absolute atomic E-state index is 0.0634. The van der Waals surface area contributed by atoms with Gasteiger partial charge in [0.1, 0.15) is 17.9 Å². The molecule has 12 heteroatoms. The molecule has 0 aliphatic carbocycles. The van der Waals surface area contributed by atoms with E-state index < -0.39 is 60.0 Å². The first-order valence-electron chi connectivity index (χ1n) is 7.93. The van der Waals surface area contributed by atoms with Gasteiger partial charge in [-0.25, -0.2) is 9.59 Å². The lowest BCUT2D eigenvalue weighted by atomic mass is 10.2. The minimum atomic E-state index is -4.79. The van der Waals surface area contributed by atoms with Gasteiger partial charge < -0.3 is 14.2 Å². The number of rotatable bonds is 4. The number of hydrogen-bond acceptors (Lipinski definition) is 7. The van der Waals surface area contributed by atoms with E-state index in [9.17, 15) is 32.3 Å². The van der Waals surface area contributed by atoms with Crippen LogP contribution < -0.4 is 11.2 Å². The second-order valence-electron chi connectivity index (χ2n) is 5.41. The highest BCUT2D eigenvalue weighted by atomic mass is 19.4. The quantitative estimate of drug-likeness (QED) is 0.755. The van der Waals surface area contributed by atoms with E-state index in [-0.39, 0.29) is 13.3 Å². The Labute approximate surface area is 145 Å². The molecule has 1 aliphatic heterocycles. The van der Waals surface area contributed by atoms with E-state index >= 15 is 0 Å². The van der Waals surface area contributed by atoms with Gasteiger partial charge in [-0.1, -0.05) is 0 Å². The van der Waals surface area contributed by atoms with E-state index in [1.54, 1.807) is 4.98 Å². The van der Waals surface area contributed by atoms with Crippen LogP contribution in [0, 0.1) is 0 Å². The first-order valence-corrected chi connectivity index (χ1v) is 7.23. The van der Waals surface area contributed by atoms with Gasteiger partial charge >= 0.3 is 23.8 Å². The number of ether oxygens (including phenoxy) is 3. The monoisotopic (exact) mass is 381 g/mol.